The van der Waals surface area contributed by atoms with Crippen molar-refractivity contribution < 1.29 is 18.8 Å². The molecule has 30 heavy (non-hydrogen) atoms. The lowest BCUT2D eigenvalue weighted by molar-refractivity contribution is -0.133. The molecule has 9 heteroatoms. The van der Waals surface area contributed by atoms with E-state index in [1.54, 1.807) is 23.6 Å². The molecule has 2 aliphatic rings. The Kier molecular flexibility index (Phi) is 5.36. The van der Waals surface area contributed by atoms with Crippen molar-refractivity contribution in [3.05, 3.63) is 41.9 Å². The average Bonchev–Trinajstić information content (AvgIpc) is 3.48. The Morgan fingerprint density at radius 1 is 1.33 bits per heavy atom. The van der Waals surface area contributed by atoms with Crippen LogP contribution in [0.1, 0.15) is 66.3 Å². The SMILES string of the molecule is CCN1C(=O)c2c(C(=O)NCc3ccco3)ncn2C[C@]1(C)C(=O)NC1CCCC1. The van der Waals surface area contributed by atoms with Gasteiger partial charge >= 0.3 is 0 Å². The molecule has 2 aromatic rings. The number of amides is 3. The van der Waals surface area contributed by atoms with Crippen molar-refractivity contribution in [1.29, 1.82) is 0 Å². The van der Waals surface area contributed by atoms with Crippen LogP contribution in [-0.2, 0) is 17.9 Å². The van der Waals surface area contributed by atoms with Crippen LogP contribution in [-0.4, -0.2) is 50.3 Å². The van der Waals surface area contributed by atoms with Crippen molar-refractivity contribution in [3.63, 3.8) is 0 Å². The summed E-state index contributed by atoms with van der Waals surface area (Å²) in [5.41, 5.74) is -0.771. The highest BCUT2D eigenvalue weighted by Crippen LogP contribution is 2.29. The highest BCUT2D eigenvalue weighted by atomic mass is 16.3. The molecule has 9 nitrogen and oxygen atoms in total. The van der Waals surface area contributed by atoms with Crippen LogP contribution in [0, 0.1) is 0 Å². The van der Waals surface area contributed by atoms with E-state index in [-0.39, 0.29) is 42.3 Å². The van der Waals surface area contributed by atoms with Crippen molar-refractivity contribution in [1.82, 2.24) is 25.1 Å². The summed E-state index contributed by atoms with van der Waals surface area (Å²) in [7, 11) is 0. The Balaban J connectivity index is 1.56. The van der Waals surface area contributed by atoms with Crippen LogP contribution in [0.5, 0.6) is 0 Å². The van der Waals surface area contributed by atoms with E-state index in [0.29, 0.717) is 12.3 Å². The van der Waals surface area contributed by atoms with Gasteiger partial charge in [0, 0.05) is 12.6 Å². The third-order valence-corrected chi connectivity index (χ3v) is 6.07. The van der Waals surface area contributed by atoms with E-state index in [4.69, 9.17) is 4.42 Å². The first-order chi connectivity index (χ1) is 14.4. The number of hydrogen-bond donors (Lipinski definition) is 2. The number of nitrogens with zero attached hydrogens (tertiary/aromatic N) is 3. The second-order valence-electron chi connectivity index (χ2n) is 8.11. The Morgan fingerprint density at radius 2 is 2.10 bits per heavy atom. The third-order valence-electron chi connectivity index (χ3n) is 6.07. The van der Waals surface area contributed by atoms with Crippen LogP contribution >= 0.6 is 0 Å². The fourth-order valence-electron chi connectivity index (χ4n) is 4.42. The Hall–Kier alpha value is -3.10. The summed E-state index contributed by atoms with van der Waals surface area (Å²) in [5, 5.41) is 5.84. The fourth-order valence-corrected chi connectivity index (χ4v) is 4.42. The summed E-state index contributed by atoms with van der Waals surface area (Å²) in [6, 6.07) is 3.65. The Bertz CT molecular complexity index is 945. The van der Waals surface area contributed by atoms with Gasteiger partial charge in [0.2, 0.25) is 5.91 Å². The molecule has 3 amide bonds. The summed E-state index contributed by atoms with van der Waals surface area (Å²) in [6.07, 6.45) is 7.15. The number of fused-ring (bicyclic) bond motifs is 1. The third kappa shape index (κ3) is 3.48. The molecule has 0 bridgehead atoms. The van der Waals surface area contributed by atoms with Gasteiger partial charge < -0.3 is 24.5 Å². The summed E-state index contributed by atoms with van der Waals surface area (Å²) in [5.74, 6) is -0.376. The van der Waals surface area contributed by atoms with Crippen molar-refractivity contribution in [2.75, 3.05) is 6.54 Å². The van der Waals surface area contributed by atoms with Gasteiger partial charge in [-0.1, -0.05) is 12.8 Å². The molecule has 0 saturated heterocycles. The van der Waals surface area contributed by atoms with E-state index in [1.807, 2.05) is 6.92 Å². The molecule has 160 valence electrons. The van der Waals surface area contributed by atoms with E-state index in [0.717, 1.165) is 25.7 Å². The molecule has 0 radical (unpaired) electrons. The summed E-state index contributed by atoms with van der Waals surface area (Å²) < 4.78 is 6.83. The van der Waals surface area contributed by atoms with Gasteiger partial charge in [0.15, 0.2) is 5.69 Å². The van der Waals surface area contributed by atoms with E-state index in [9.17, 15) is 14.4 Å². The van der Waals surface area contributed by atoms with Gasteiger partial charge in [-0.05, 0) is 38.8 Å². The number of hydrogen-bond acceptors (Lipinski definition) is 5. The van der Waals surface area contributed by atoms with Gasteiger partial charge in [-0.25, -0.2) is 4.98 Å². The molecule has 3 heterocycles. The number of likely N-dealkylation sites (N-methyl/N-ethyl adjacent to an activating group) is 1. The first-order valence-corrected chi connectivity index (χ1v) is 10.4. The van der Waals surface area contributed by atoms with Gasteiger partial charge in [0.05, 0.1) is 25.7 Å². The zero-order valence-corrected chi connectivity index (χ0v) is 17.3. The molecule has 1 aliphatic carbocycles. The number of imidazole rings is 1. The minimum absolute atomic E-state index is 0.0586. The summed E-state index contributed by atoms with van der Waals surface area (Å²) >= 11 is 0. The molecule has 1 saturated carbocycles. The predicted octanol–water partition coefficient (Wildman–Crippen LogP) is 1.70. The summed E-state index contributed by atoms with van der Waals surface area (Å²) in [6.45, 7) is 4.41. The molecule has 0 unspecified atom stereocenters. The number of carbonyl (C=O) groups is 3. The molecular weight excluding hydrogens is 386 g/mol. The maximum absolute atomic E-state index is 13.3. The lowest BCUT2D eigenvalue weighted by Crippen LogP contribution is -2.64. The molecule has 1 atom stereocenters. The first kappa shape index (κ1) is 20.2. The number of furan rings is 1. The van der Waals surface area contributed by atoms with Gasteiger partial charge in [-0.3, -0.25) is 14.4 Å². The van der Waals surface area contributed by atoms with Crippen LogP contribution in [0.3, 0.4) is 0 Å². The number of aromatic nitrogens is 2. The maximum Gasteiger partial charge on any atom is 0.273 e. The second-order valence-corrected chi connectivity index (χ2v) is 8.11. The standard InChI is InChI=1S/C21H27N5O4/c1-3-26-19(28)17-16(18(27)22-11-15-9-6-10-30-15)23-13-25(17)12-21(26,2)20(29)24-14-7-4-5-8-14/h6,9-10,13-14H,3-5,7-8,11-12H2,1-2H3,(H,22,27)(H,24,29)/t21-/m1/s1. The molecule has 2 aromatic heterocycles. The Labute approximate surface area is 174 Å². The van der Waals surface area contributed by atoms with E-state index in [2.05, 4.69) is 15.6 Å². The fraction of sp³-hybridized carbons (Fsp3) is 0.524. The van der Waals surface area contributed by atoms with E-state index < -0.39 is 11.4 Å². The highest BCUT2D eigenvalue weighted by molar-refractivity contribution is 6.07. The minimum atomic E-state index is -1.04. The average molecular weight is 413 g/mol. The van der Waals surface area contributed by atoms with Gasteiger partial charge in [-0.2, -0.15) is 0 Å². The predicted molar refractivity (Wildman–Crippen MR) is 108 cm³/mol. The smallest absolute Gasteiger partial charge is 0.273 e. The lowest BCUT2D eigenvalue weighted by atomic mass is 9.94. The van der Waals surface area contributed by atoms with Gasteiger partial charge in [0.25, 0.3) is 11.8 Å². The van der Waals surface area contributed by atoms with Crippen molar-refractivity contribution in [3.8, 4) is 0 Å². The number of carbonyl (C=O) groups excluding carboxylic acids is 3. The maximum atomic E-state index is 13.3. The zero-order valence-electron chi connectivity index (χ0n) is 17.3. The monoisotopic (exact) mass is 413 g/mol. The first-order valence-electron chi connectivity index (χ1n) is 10.4. The minimum Gasteiger partial charge on any atom is -0.467 e. The van der Waals surface area contributed by atoms with Gasteiger partial charge in [0.1, 0.15) is 17.0 Å². The molecule has 4 rings (SSSR count). The highest BCUT2D eigenvalue weighted by Gasteiger charge is 2.48. The molecule has 1 aliphatic heterocycles. The van der Waals surface area contributed by atoms with Crippen molar-refractivity contribution >= 4 is 17.7 Å². The molecular formula is C21H27N5O4. The van der Waals surface area contributed by atoms with Crippen LogP contribution in [0.15, 0.2) is 29.1 Å². The van der Waals surface area contributed by atoms with Crippen molar-refractivity contribution in [2.24, 2.45) is 0 Å². The van der Waals surface area contributed by atoms with Crippen LogP contribution < -0.4 is 10.6 Å². The second kappa shape index (κ2) is 7.97. The number of nitrogens with one attached hydrogen (secondary N) is 2. The topological polar surface area (TPSA) is 109 Å². The molecule has 2 N–H and O–H groups in total. The van der Waals surface area contributed by atoms with E-state index >= 15 is 0 Å². The van der Waals surface area contributed by atoms with Crippen molar-refractivity contribution in [2.45, 2.75) is 64.2 Å². The largest absolute Gasteiger partial charge is 0.467 e. The summed E-state index contributed by atoms with van der Waals surface area (Å²) in [4.78, 5) is 44.8. The van der Waals surface area contributed by atoms with Crippen LogP contribution in [0.2, 0.25) is 0 Å². The molecule has 1 fully saturated rings. The van der Waals surface area contributed by atoms with Crippen LogP contribution in [0.25, 0.3) is 0 Å². The quantitative estimate of drug-likeness (QED) is 0.749. The van der Waals surface area contributed by atoms with Gasteiger partial charge in [-0.15, -0.1) is 0 Å². The van der Waals surface area contributed by atoms with Crippen LogP contribution in [0.4, 0.5) is 0 Å². The molecule has 0 aromatic carbocycles. The normalized spacial score (nSPS) is 21.5. The lowest BCUT2D eigenvalue weighted by Gasteiger charge is -2.43. The molecule has 0 spiro atoms. The number of rotatable bonds is 6. The van der Waals surface area contributed by atoms with E-state index in [1.165, 1.54) is 17.5 Å². The Morgan fingerprint density at radius 3 is 2.77 bits per heavy atom. The zero-order chi connectivity index (χ0) is 21.3.